The van der Waals surface area contributed by atoms with Gasteiger partial charge in [0.15, 0.2) is 11.5 Å². The normalized spacial score (nSPS) is 9.73. The molecule has 0 bridgehead atoms. The average molecular weight is 365 g/mol. The van der Waals surface area contributed by atoms with Crippen molar-refractivity contribution in [2.75, 3.05) is 6.54 Å². The summed E-state index contributed by atoms with van der Waals surface area (Å²) in [6.45, 7) is 0.796. The second-order valence-corrected chi connectivity index (χ2v) is 4.97. The summed E-state index contributed by atoms with van der Waals surface area (Å²) in [7, 11) is 0. The Hall–Kier alpha value is -3.73. The molecule has 0 atom stereocenters. The highest BCUT2D eigenvalue weighted by molar-refractivity contribution is 5.87. The molecule has 0 amide bonds. The van der Waals surface area contributed by atoms with Gasteiger partial charge in [-0.1, -0.05) is 6.07 Å². The summed E-state index contributed by atoms with van der Waals surface area (Å²) >= 11 is 0. The first-order valence-corrected chi connectivity index (χ1v) is 7.11. The SMILES string of the molecule is O=C([O-])c1cc([N+](=O)[O-])cc([N+](=O)[O-])c1.[NH3+]CCc1ccc(O)c(O)c1. The van der Waals surface area contributed by atoms with E-state index in [9.17, 15) is 30.1 Å². The Labute approximate surface area is 146 Å². The molecule has 0 heterocycles. The number of nitrogens with zero attached hydrogens (tertiary/aromatic N) is 2. The lowest BCUT2D eigenvalue weighted by Crippen LogP contribution is -2.51. The summed E-state index contributed by atoms with van der Waals surface area (Å²) in [4.78, 5) is 29.2. The minimum atomic E-state index is -1.71. The highest BCUT2D eigenvalue weighted by Gasteiger charge is 2.16. The van der Waals surface area contributed by atoms with Crippen LogP contribution in [0.25, 0.3) is 0 Å². The lowest BCUT2D eigenvalue weighted by atomic mass is 10.1. The molecule has 0 aliphatic heterocycles. The largest absolute Gasteiger partial charge is 0.545 e. The number of carboxylic acid groups (broad SMARTS) is 1. The molecule has 0 aliphatic rings. The number of carbonyl (C=O) groups excluding carboxylic acids is 1. The van der Waals surface area contributed by atoms with Crippen LogP contribution in [0.3, 0.4) is 0 Å². The number of aromatic carboxylic acids is 1. The quantitative estimate of drug-likeness (QED) is 0.366. The van der Waals surface area contributed by atoms with Gasteiger partial charge in [-0.05, 0) is 17.7 Å². The lowest BCUT2D eigenvalue weighted by molar-refractivity contribution is -0.394. The van der Waals surface area contributed by atoms with Gasteiger partial charge >= 0.3 is 0 Å². The van der Waals surface area contributed by atoms with Crippen LogP contribution in [0.4, 0.5) is 11.4 Å². The van der Waals surface area contributed by atoms with Crippen LogP contribution >= 0.6 is 0 Å². The number of aromatic hydroxyl groups is 2. The molecule has 0 saturated heterocycles. The zero-order valence-electron chi connectivity index (χ0n) is 13.3. The number of non-ortho nitro benzene ring substituents is 2. The molecule has 2 aromatic rings. The Morgan fingerprint density at radius 1 is 0.962 bits per heavy atom. The zero-order valence-corrected chi connectivity index (χ0v) is 13.3. The number of phenols is 2. The van der Waals surface area contributed by atoms with Crippen molar-refractivity contribution < 1.29 is 35.7 Å². The van der Waals surface area contributed by atoms with Crippen LogP contribution in [0.5, 0.6) is 11.5 Å². The minimum absolute atomic E-state index is 0.0593. The molecular weight excluding hydrogens is 350 g/mol. The van der Waals surface area contributed by atoms with Crippen molar-refractivity contribution in [2.45, 2.75) is 6.42 Å². The summed E-state index contributed by atoms with van der Waals surface area (Å²) in [6.07, 6.45) is 0.827. The fourth-order valence-corrected chi connectivity index (χ4v) is 1.85. The third kappa shape index (κ3) is 5.72. The number of benzene rings is 2. The molecule has 0 fully saturated rings. The standard InChI is InChI=1S/C8H11NO2.C7H4N2O6/c9-4-3-6-1-2-7(10)8(11)5-6;10-7(11)4-1-5(8(12)13)3-6(2-4)9(14)15/h1-2,5,10-11H,3-4,9H2;1-3H,(H,10,11). The summed E-state index contributed by atoms with van der Waals surface area (Å²) in [6, 6.07) is 6.89. The van der Waals surface area contributed by atoms with E-state index < -0.39 is 32.8 Å². The van der Waals surface area contributed by atoms with Crippen LogP contribution in [0.1, 0.15) is 15.9 Å². The van der Waals surface area contributed by atoms with E-state index in [-0.39, 0.29) is 11.5 Å². The lowest BCUT2D eigenvalue weighted by Gasteiger charge is -2.01. The summed E-state index contributed by atoms with van der Waals surface area (Å²) < 4.78 is 0. The first kappa shape index (κ1) is 20.3. The predicted octanol–water partition coefficient (Wildman–Crippen LogP) is -0.251. The molecule has 5 N–H and O–H groups in total. The Morgan fingerprint density at radius 2 is 1.50 bits per heavy atom. The third-order valence-electron chi connectivity index (χ3n) is 3.07. The van der Waals surface area contributed by atoms with Crippen molar-refractivity contribution in [1.29, 1.82) is 0 Å². The van der Waals surface area contributed by atoms with Crippen LogP contribution in [-0.2, 0) is 6.42 Å². The average Bonchev–Trinajstić information content (AvgIpc) is 2.58. The van der Waals surface area contributed by atoms with E-state index in [1.807, 2.05) is 0 Å². The van der Waals surface area contributed by atoms with E-state index >= 15 is 0 Å². The van der Waals surface area contributed by atoms with Crippen molar-refractivity contribution in [3.63, 3.8) is 0 Å². The smallest absolute Gasteiger partial charge is 0.276 e. The topological polar surface area (TPSA) is 195 Å². The number of rotatable bonds is 5. The van der Waals surface area contributed by atoms with E-state index in [1.54, 1.807) is 12.1 Å². The molecule has 11 heteroatoms. The maximum atomic E-state index is 10.4. The van der Waals surface area contributed by atoms with Gasteiger partial charge in [0.2, 0.25) is 0 Å². The molecule has 0 unspecified atom stereocenters. The van der Waals surface area contributed by atoms with Crippen molar-refractivity contribution in [2.24, 2.45) is 0 Å². The van der Waals surface area contributed by atoms with E-state index in [0.717, 1.165) is 18.5 Å². The van der Waals surface area contributed by atoms with Gasteiger partial charge in [0, 0.05) is 24.1 Å². The molecule has 0 aromatic heterocycles. The van der Waals surface area contributed by atoms with Crippen LogP contribution in [0.2, 0.25) is 0 Å². The summed E-state index contributed by atoms with van der Waals surface area (Å²) in [5, 5.41) is 49.0. The maximum absolute atomic E-state index is 10.4. The highest BCUT2D eigenvalue weighted by Crippen LogP contribution is 2.24. The van der Waals surface area contributed by atoms with Crippen molar-refractivity contribution in [3.8, 4) is 11.5 Å². The number of phenolic OH excluding ortho intramolecular Hbond substituents is 2. The van der Waals surface area contributed by atoms with Gasteiger partial charge < -0.3 is 25.8 Å². The number of carbonyl (C=O) groups is 1. The van der Waals surface area contributed by atoms with Crippen LogP contribution in [-0.4, -0.2) is 32.6 Å². The first-order chi connectivity index (χ1) is 12.1. The molecule has 11 nitrogen and oxygen atoms in total. The van der Waals surface area contributed by atoms with Gasteiger partial charge in [-0.15, -0.1) is 0 Å². The number of carboxylic acids is 1. The van der Waals surface area contributed by atoms with Gasteiger partial charge in [-0.2, -0.15) is 0 Å². The summed E-state index contributed by atoms with van der Waals surface area (Å²) in [5.74, 6) is -1.84. The van der Waals surface area contributed by atoms with E-state index in [4.69, 9.17) is 10.2 Å². The van der Waals surface area contributed by atoms with E-state index in [1.165, 1.54) is 6.07 Å². The zero-order chi connectivity index (χ0) is 19.9. The van der Waals surface area contributed by atoms with E-state index in [2.05, 4.69) is 5.73 Å². The molecule has 2 rings (SSSR count). The number of nitro benzene ring substituents is 2. The Kier molecular flexibility index (Phi) is 6.98. The van der Waals surface area contributed by atoms with Crippen LogP contribution < -0.4 is 10.8 Å². The molecule has 0 aliphatic carbocycles. The predicted molar refractivity (Wildman–Crippen MR) is 85.3 cm³/mol. The number of quaternary nitrogens is 1. The summed E-state index contributed by atoms with van der Waals surface area (Å²) in [5.41, 5.74) is 2.76. The number of nitro groups is 2. The van der Waals surface area contributed by atoms with Gasteiger partial charge in [-0.25, -0.2) is 0 Å². The first-order valence-electron chi connectivity index (χ1n) is 7.11. The fourth-order valence-electron chi connectivity index (χ4n) is 1.85. The monoisotopic (exact) mass is 365 g/mol. The Balaban J connectivity index is 0.000000273. The Bertz CT molecular complexity index is 759. The molecule has 0 saturated carbocycles. The highest BCUT2D eigenvalue weighted by atomic mass is 16.6. The van der Waals surface area contributed by atoms with E-state index in [0.29, 0.717) is 18.2 Å². The molecule has 2 aromatic carbocycles. The molecule has 26 heavy (non-hydrogen) atoms. The molecule has 138 valence electrons. The Morgan fingerprint density at radius 3 is 1.88 bits per heavy atom. The van der Waals surface area contributed by atoms with Gasteiger partial charge in [-0.3, -0.25) is 20.2 Å². The van der Waals surface area contributed by atoms with Crippen molar-refractivity contribution >= 4 is 17.3 Å². The third-order valence-corrected chi connectivity index (χ3v) is 3.07. The van der Waals surface area contributed by atoms with Gasteiger partial charge in [0.25, 0.3) is 11.4 Å². The fraction of sp³-hybridized carbons (Fsp3) is 0.133. The number of hydrogen-bond acceptors (Lipinski definition) is 8. The van der Waals surface area contributed by atoms with Gasteiger partial charge in [0.05, 0.1) is 28.4 Å². The number of hydrogen-bond donors (Lipinski definition) is 3. The van der Waals surface area contributed by atoms with Crippen molar-refractivity contribution in [3.05, 3.63) is 67.8 Å². The maximum Gasteiger partial charge on any atom is 0.276 e. The molecule has 0 spiro atoms. The second kappa shape index (κ2) is 8.94. The molecule has 0 radical (unpaired) electrons. The second-order valence-electron chi connectivity index (χ2n) is 4.97. The van der Waals surface area contributed by atoms with Crippen LogP contribution in [0.15, 0.2) is 36.4 Å². The minimum Gasteiger partial charge on any atom is -0.545 e. The van der Waals surface area contributed by atoms with Crippen molar-refractivity contribution in [1.82, 2.24) is 0 Å². The molecular formula is C15H15N3O8. The van der Waals surface area contributed by atoms with Gasteiger partial charge in [0.1, 0.15) is 0 Å². The van der Waals surface area contributed by atoms with Crippen LogP contribution in [0, 0.1) is 20.2 Å².